The van der Waals surface area contributed by atoms with Crippen molar-refractivity contribution in [2.24, 2.45) is 5.92 Å². The van der Waals surface area contributed by atoms with Crippen LogP contribution in [0.25, 0.3) is 0 Å². The second-order valence-corrected chi connectivity index (χ2v) is 6.35. The van der Waals surface area contributed by atoms with Crippen molar-refractivity contribution in [1.82, 2.24) is 4.90 Å². The first-order valence-corrected chi connectivity index (χ1v) is 8.53. The molecule has 7 nitrogen and oxygen atoms in total. The number of piperidine rings is 1. The molecule has 1 aromatic carbocycles. The Morgan fingerprint density at radius 2 is 1.77 bits per heavy atom. The van der Waals surface area contributed by atoms with Gasteiger partial charge in [0, 0.05) is 31.4 Å². The molecule has 0 radical (unpaired) electrons. The van der Waals surface area contributed by atoms with Crippen molar-refractivity contribution in [3.05, 3.63) is 48.4 Å². The number of nitrogens with zero attached hydrogens (tertiary/aromatic N) is 1. The van der Waals surface area contributed by atoms with Gasteiger partial charge in [0.15, 0.2) is 0 Å². The molecule has 0 spiro atoms. The van der Waals surface area contributed by atoms with Gasteiger partial charge in [0.25, 0.3) is 5.91 Å². The SMILES string of the molecule is CC(=O)Nc1ccc(NC(=O)[C@@H]2CCCN(C(=O)c3ccoc3)C2)cc1. The highest BCUT2D eigenvalue weighted by atomic mass is 16.3. The standard InChI is InChI=1S/C19H21N3O4/c1-13(23)20-16-4-6-17(7-5-16)21-18(24)14-3-2-9-22(11-14)19(25)15-8-10-26-12-15/h4-8,10,12,14H,2-3,9,11H2,1H3,(H,20,23)(H,21,24)/t14-/m1/s1. The van der Waals surface area contributed by atoms with Crippen molar-refractivity contribution < 1.29 is 18.8 Å². The van der Waals surface area contributed by atoms with E-state index >= 15 is 0 Å². The molecule has 26 heavy (non-hydrogen) atoms. The fraction of sp³-hybridized carbons (Fsp3) is 0.316. The van der Waals surface area contributed by atoms with Crippen LogP contribution in [0.2, 0.25) is 0 Å². The van der Waals surface area contributed by atoms with Crippen LogP contribution in [0, 0.1) is 5.92 Å². The lowest BCUT2D eigenvalue weighted by Gasteiger charge is -2.31. The van der Waals surface area contributed by atoms with E-state index in [1.807, 2.05) is 0 Å². The first-order valence-electron chi connectivity index (χ1n) is 8.53. The molecule has 0 unspecified atom stereocenters. The van der Waals surface area contributed by atoms with Crippen molar-refractivity contribution in [3.63, 3.8) is 0 Å². The van der Waals surface area contributed by atoms with Gasteiger partial charge in [-0.2, -0.15) is 0 Å². The summed E-state index contributed by atoms with van der Waals surface area (Å²) in [5, 5.41) is 5.56. The first kappa shape index (κ1) is 17.7. The van der Waals surface area contributed by atoms with Crippen molar-refractivity contribution >= 4 is 29.1 Å². The number of furan rings is 1. The van der Waals surface area contributed by atoms with E-state index in [1.165, 1.54) is 19.5 Å². The van der Waals surface area contributed by atoms with Gasteiger partial charge in [0.1, 0.15) is 6.26 Å². The fourth-order valence-electron chi connectivity index (χ4n) is 3.03. The average Bonchev–Trinajstić information content (AvgIpc) is 3.17. The minimum Gasteiger partial charge on any atom is -0.472 e. The van der Waals surface area contributed by atoms with Crippen LogP contribution in [0.3, 0.4) is 0 Å². The molecule has 2 heterocycles. The molecule has 2 N–H and O–H groups in total. The van der Waals surface area contributed by atoms with E-state index in [1.54, 1.807) is 35.2 Å². The summed E-state index contributed by atoms with van der Waals surface area (Å²) < 4.78 is 4.96. The molecule has 0 saturated carbocycles. The van der Waals surface area contributed by atoms with E-state index in [-0.39, 0.29) is 23.6 Å². The lowest BCUT2D eigenvalue weighted by Crippen LogP contribution is -2.43. The molecule has 2 aromatic rings. The number of nitrogens with one attached hydrogen (secondary N) is 2. The fourth-order valence-corrected chi connectivity index (χ4v) is 3.03. The average molecular weight is 355 g/mol. The molecule has 1 aromatic heterocycles. The normalized spacial score (nSPS) is 16.8. The Hall–Kier alpha value is -3.09. The number of rotatable bonds is 4. The van der Waals surface area contributed by atoms with Gasteiger partial charge in [0.2, 0.25) is 11.8 Å². The lowest BCUT2D eigenvalue weighted by molar-refractivity contribution is -0.121. The number of benzene rings is 1. The summed E-state index contributed by atoms with van der Waals surface area (Å²) in [6.07, 6.45) is 4.41. The first-order chi connectivity index (χ1) is 12.5. The Balaban J connectivity index is 1.59. The van der Waals surface area contributed by atoms with Crippen molar-refractivity contribution in [1.29, 1.82) is 0 Å². The molecular formula is C19H21N3O4. The molecule has 3 rings (SSSR count). The third kappa shape index (κ3) is 4.30. The topological polar surface area (TPSA) is 91.7 Å². The molecular weight excluding hydrogens is 334 g/mol. The van der Waals surface area contributed by atoms with Crippen LogP contribution in [-0.2, 0) is 9.59 Å². The molecule has 7 heteroatoms. The van der Waals surface area contributed by atoms with Gasteiger partial charge in [-0.1, -0.05) is 0 Å². The molecule has 1 atom stereocenters. The zero-order valence-electron chi connectivity index (χ0n) is 14.5. The van der Waals surface area contributed by atoms with Gasteiger partial charge in [-0.05, 0) is 43.2 Å². The summed E-state index contributed by atoms with van der Waals surface area (Å²) in [5.41, 5.74) is 1.83. The largest absolute Gasteiger partial charge is 0.472 e. The maximum absolute atomic E-state index is 12.5. The third-order valence-corrected chi connectivity index (χ3v) is 4.32. The second kappa shape index (κ2) is 7.86. The zero-order chi connectivity index (χ0) is 18.5. The molecule has 1 aliphatic heterocycles. The minimum absolute atomic E-state index is 0.109. The summed E-state index contributed by atoms with van der Waals surface area (Å²) in [4.78, 5) is 37.7. The van der Waals surface area contributed by atoms with Crippen LogP contribution < -0.4 is 10.6 Å². The highest BCUT2D eigenvalue weighted by molar-refractivity contribution is 5.96. The van der Waals surface area contributed by atoms with Crippen LogP contribution in [0.15, 0.2) is 47.3 Å². The highest BCUT2D eigenvalue weighted by Gasteiger charge is 2.29. The smallest absolute Gasteiger partial charge is 0.257 e. The summed E-state index contributed by atoms with van der Waals surface area (Å²) in [5.74, 6) is -0.626. The summed E-state index contributed by atoms with van der Waals surface area (Å²) in [6.45, 7) is 2.47. The van der Waals surface area contributed by atoms with Gasteiger partial charge in [-0.25, -0.2) is 0 Å². The van der Waals surface area contributed by atoms with Crippen LogP contribution in [-0.4, -0.2) is 35.7 Å². The zero-order valence-corrected chi connectivity index (χ0v) is 14.5. The third-order valence-electron chi connectivity index (χ3n) is 4.32. The predicted octanol–water partition coefficient (Wildman–Crippen LogP) is 2.73. The van der Waals surface area contributed by atoms with Crippen molar-refractivity contribution in [3.8, 4) is 0 Å². The number of carbonyl (C=O) groups is 3. The van der Waals surface area contributed by atoms with E-state index in [0.717, 1.165) is 12.8 Å². The number of amides is 3. The Bertz CT molecular complexity index is 784. The number of hydrogen-bond acceptors (Lipinski definition) is 4. The van der Waals surface area contributed by atoms with Gasteiger partial charge in [-0.3, -0.25) is 14.4 Å². The monoisotopic (exact) mass is 355 g/mol. The Morgan fingerprint density at radius 3 is 2.38 bits per heavy atom. The van der Waals surface area contributed by atoms with Gasteiger partial charge < -0.3 is 20.0 Å². The van der Waals surface area contributed by atoms with Crippen LogP contribution in [0.5, 0.6) is 0 Å². The van der Waals surface area contributed by atoms with Gasteiger partial charge in [0.05, 0.1) is 17.7 Å². The molecule has 1 fully saturated rings. The van der Waals surface area contributed by atoms with Gasteiger partial charge in [-0.15, -0.1) is 0 Å². The molecule has 0 aliphatic carbocycles. The summed E-state index contributed by atoms with van der Waals surface area (Å²) in [7, 11) is 0. The molecule has 1 saturated heterocycles. The van der Waals surface area contributed by atoms with Crippen molar-refractivity contribution in [2.45, 2.75) is 19.8 Å². The van der Waals surface area contributed by atoms with E-state index in [4.69, 9.17) is 4.42 Å². The van der Waals surface area contributed by atoms with Crippen molar-refractivity contribution in [2.75, 3.05) is 23.7 Å². The number of anilines is 2. The summed E-state index contributed by atoms with van der Waals surface area (Å²) in [6, 6.07) is 8.56. The van der Waals surface area contributed by atoms with Crippen LogP contribution in [0.1, 0.15) is 30.1 Å². The minimum atomic E-state index is -0.255. The van der Waals surface area contributed by atoms with Crippen LogP contribution >= 0.6 is 0 Å². The molecule has 0 bridgehead atoms. The van der Waals surface area contributed by atoms with Gasteiger partial charge >= 0.3 is 0 Å². The van der Waals surface area contributed by atoms with E-state index < -0.39 is 0 Å². The Labute approximate surface area is 151 Å². The predicted molar refractivity (Wildman–Crippen MR) is 96.7 cm³/mol. The number of carbonyl (C=O) groups excluding carboxylic acids is 3. The maximum Gasteiger partial charge on any atom is 0.257 e. The lowest BCUT2D eigenvalue weighted by atomic mass is 9.96. The van der Waals surface area contributed by atoms with E-state index in [0.29, 0.717) is 30.0 Å². The van der Waals surface area contributed by atoms with Crippen LogP contribution in [0.4, 0.5) is 11.4 Å². The number of hydrogen-bond donors (Lipinski definition) is 2. The molecule has 3 amide bonds. The van der Waals surface area contributed by atoms with E-state index in [9.17, 15) is 14.4 Å². The Morgan fingerprint density at radius 1 is 1.08 bits per heavy atom. The summed E-state index contributed by atoms with van der Waals surface area (Å²) >= 11 is 0. The molecule has 1 aliphatic rings. The highest BCUT2D eigenvalue weighted by Crippen LogP contribution is 2.21. The number of likely N-dealkylation sites (tertiary alicyclic amines) is 1. The maximum atomic E-state index is 12.5. The second-order valence-electron chi connectivity index (χ2n) is 6.35. The van der Waals surface area contributed by atoms with E-state index in [2.05, 4.69) is 10.6 Å². The quantitative estimate of drug-likeness (QED) is 0.882. The Kier molecular flexibility index (Phi) is 5.36. The molecule has 136 valence electrons.